The second kappa shape index (κ2) is 4.98. The van der Waals surface area contributed by atoms with Gasteiger partial charge in [0.2, 0.25) is 5.91 Å². The smallest absolute Gasteiger partial charge is 0.227 e. The number of nitrogens with zero attached hydrogens (tertiary/aromatic N) is 1. The average Bonchev–Trinajstić information content (AvgIpc) is 2.35. The van der Waals surface area contributed by atoms with Crippen LogP contribution in [0.1, 0.15) is 18.9 Å². The van der Waals surface area contributed by atoms with E-state index in [0.717, 1.165) is 17.7 Å². The van der Waals surface area contributed by atoms with Crippen LogP contribution < -0.4 is 10.5 Å². The van der Waals surface area contributed by atoms with E-state index in [9.17, 15) is 4.79 Å². The molecule has 2 rings (SSSR count). The highest BCUT2D eigenvalue weighted by Gasteiger charge is 2.39. The zero-order valence-corrected chi connectivity index (χ0v) is 11.0. The van der Waals surface area contributed by atoms with Crippen LogP contribution in [-0.2, 0) is 11.2 Å². The van der Waals surface area contributed by atoms with Gasteiger partial charge in [0.05, 0.1) is 19.1 Å². The molecular formula is C14H20N2O2. The Labute approximate surface area is 108 Å². The molecule has 1 amide bonds. The van der Waals surface area contributed by atoms with Crippen LogP contribution in [0.25, 0.3) is 0 Å². The van der Waals surface area contributed by atoms with Gasteiger partial charge < -0.3 is 15.4 Å². The van der Waals surface area contributed by atoms with Crippen molar-refractivity contribution in [2.24, 2.45) is 5.73 Å². The molecule has 1 heterocycles. The number of ether oxygens (including phenoxy) is 1. The molecule has 1 aromatic rings. The molecule has 4 heteroatoms. The van der Waals surface area contributed by atoms with Crippen LogP contribution in [-0.4, -0.2) is 36.5 Å². The molecule has 1 aliphatic rings. The van der Waals surface area contributed by atoms with Crippen molar-refractivity contribution in [3.63, 3.8) is 0 Å². The highest BCUT2D eigenvalue weighted by atomic mass is 16.5. The third-order valence-corrected chi connectivity index (χ3v) is 3.58. The summed E-state index contributed by atoms with van der Waals surface area (Å²) in [6.45, 7) is 3.42. The summed E-state index contributed by atoms with van der Waals surface area (Å²) in [4.78, 5) is 13.8. The van der Waals surface area contributed by atoms with Gasteiger partial charge in [0.15, 0.2) is 0 Å². The summed E-state index contributed by atoms with van der Waals surface area (Å²) in [6.07, 6.45) is 1.35. The number of carbonyl (C=O) groups is 1. The summed E-state index contributed by atoms with van der Waals surface area (Å²) in [5.74, 6) is 0.955. The minimum Gasteiger partial charge on any atom is -0.497 e. The Kier molecular flexibility index (Phi) is 3.57. The number of likely N-dealkylation sites (tertiary alicyclic amines) is 1. The number of amides is 1. The molecule has 0 aliphatic carbocycles. The van der Waals surface area contributed by atoms with Gasteiger partial charge >= 0.3 is 0 Å². The topological polar surface area (TPSA) is 55.6 Å². The number of nitrogens with two attached hydrogens (primary N) is 1. The number of hydrogen-bond donors (Lipinski definition) is 1. The molecule has 0 saturated carbocycles. The third kappa shape index (κ3) is 2.64. The van der Waals surface area contributed by atoms with Crippen molar-refractivity contribution < 1.29 is 9.53 Å². The first-order valence-corrected chi connectivity index (χ1v) is 6.26. The van der Waals surface area contributed by atoms with Crippen molar-refractivity contribution in [1.82, 2.24) is 4.90 Å². The first-order valence-electron chi connectivity index (χ1n) is 6.26. The maximum absolute atomic E-state index is 12.0. The molecule has 0 bridgehead atoms. The summed E-state index contributed by atoms with van der Waals surface area (Å²) in [6, 6.07) is 7.59. The number of rotatable bonds is 4. The first kappa shape index (κ1) is 12.9. The highest BCUT2D eigenvalue weighted by Crippen LogP contribution is 2.22. The molecule has 1 fully saturated rings. The molecule has 0 spiro atoms. The van der Waals surface area contributed by atoms with Gasteiger partial charge in [0, 0.05) is 13.1 Å². The van der Waals surface area contributed by atoms with E-state index in [1.54, 1.807) is 7.11 Å². The summed E-state index contributed by atoms with van der Waals surface area (Å²) in [7, 11) is 1.63. The van der Waals surface area contributed by atoms with Crippen LogP contribution in [0.4, 0.5) is 0 Å². The molecule has 1 aliphatic heterocycles. The van der Waals surface area contributed by atoms with Crippen LogP contribution in [0.15, 0.2) is 24.3 Å². The van der Waals surface area contributed by atoms with E-state index in [0.29, 0.717) is 19.5 Å². The predicted octanol–water partition coefficient (Wildman–Crippen LogP) is 1.19. The maximum Gasteiger partial charge on any atom is 0.227 e. The van der Waals surface area contributed by atoms with Gasteiger partial charge in [-0.15, -0.1) is 0 Å². The van der Waals surface area contributed by atoms with Crippen molar-refractivity contribution >= 4 is 5.91 Å². The molecular weight excluding hydrogens is 228 g/mol. The Balaban J connectivity index is 1.88. The number of carbonyl (C=O) groups excluding carboxylic acids is 1. The molecule has 4 nitrogen and oxygen atoms in total. The van der Waals surface area contributed by atoms with Crippen molar-refractivity contribution in [3.05, 3.63) is 29.8 Å². The van der Waals surface area contributed by atoms with Gasteiger partial charge in [0.1, 0.15) is 5.75 Å². The van der Waals surface area contributed by atoms with Crippen molar-refractivity contribution in [3.8, 4) is 5.75 Å². The highest BCUT2D eigenvalue weighted by molar-refractivity contribution is 5.80. The average molecular weight is 248 g/mol. The van der Waals surface area contributed by atoms with E-state index in [1.807, 2.05) is 29.2 Å². The Morgan fingerprint density at radius 2 is 2.00 bits per heavy atom. The Morgan fingerprint density at radius 3 is 2.50 bits per heavy atom. The van der Waals surface area contributed by atoms with E-state index < -0.39 is 0 Å². The summed E-state index contributed by atoms with van der Waals surface area (Å²) in [5, 5.41) is 0. The molecule has 0 atom stereocenters. The minimum absolute atomic E-state index is 0.148. The van der Waals surface area contributed by atoms with Gasteiger partial charge in [-0.25, -0.2) is 0 Å². The van der Waals surface area contributed by atoms with Crippen molar-refractivity contribution in [1.29, 1.82) is 0 Å². The van der Waals surface area contributed by atoms with E-state index in [4.69, 9.17) is 10.5 Å². The fourth-order valence-electron chi connectivity index (χ4n) is 2.14. The fourth-order valence-corrected chi connectivity index (χ4v) is 2.14. The Morgan fingerprint density at radius 1 is 1.39 bits per heavy atom. The van der Waals surface area contributed by atoms with Crippen molar-refractivity contribution in [2.75, 3.05) is 20.2 Å². The van der Waals surface area contributed by atoms with E-state index in [2.05, 4.69) is 6.92 Å². The first-order chi connectivity index (χ1) is 8.56. The number of methoxy groups -OCH3 is 1. The van der Waals surface area contributed by atoms with Gasteiger partial charge in [-0.1, -0.05) is 19.1 Å². The molecule has 18 heavy (non-hydrogen) atoms. The Hall–Kier alpha value is -1.55. The number of hydrogen-bond acceptors (Lipinski definition) is 3. The molecule has 98 valence electrons. The van der Waals surface area contributed by atoms with Crippen LogP contribution in [0.2, 0.25) is 0 Å². The second-order valence-electron chi connectivity index (χ2n) is 4.99. The van der Waals surface area contributed by atoms with E-state index in [1.165, 1.54) is 0 Å². The van der Waals surface area contributed by atoms with E-state index in [-0.39, 0.29) is 11.4 Å². The van der Waals surface area contributed by atoms with E-state index >= 15 is 0 Å². The van der Waals surface area contributed by atoms with Gasteiger partial charge in [-0.2, -0.15) is 0 Å². The summed E-state index contributed by atoms with van der Waals surface area (Å²) >= 11 is 0. The van der Waals surface area contributed by atoms with Gasteiger partial charge in [0.25, 0.3) is 0 Å². The lowest BCUT2D eigenvalue weighted by atomic mass is 9.88. The Bertz CT molecular complexity index is 422. The molecule has 0 radical (unpaired) electrons. The van der Waals surface area contributed by atoms with Crippen LogP contribution in [0.3, 0.4) is 0 Å². The molecule has 0 unspecified atom stereocenters. The molecule has 2 N–H and O–H groups in total. The maximum atomic E-state index is 12.0. The zero-order chi connectivity index (χ0) is 13.2. The molecule has 1 aromatic carbocycles. The largest absolute Gasteiger partial charge is 0.497 e. The molecule has 1 saturated heterocycles. The monoisotopic (exact) mass is 248 g/mol. The lowest BCUT2D eigenvalue weighted by Gasteiger charge is -2.47. The SMILES string of the molecule is CCC1(N)CN(C(=O)Cc2ccc(OC)cc2)C1. The number of benzene rings is 1. The van der Waals surface area contributed by atoms with Crippen LogP contribution in [0, 0.1) is 0 Å². The van der Waals surface area contributed by atoms with Crippen molar-refractivity contribution in [2.45, 2.75) is 25.3 Å². The lowest BCUT2D eigenvalue weighted by Crippen LogP contribution is -2.68. The molecule has 0 aromatic heterocycles. The van der Waals surface area contributed by atoms with Gasteiger partial charge in [-0.05, 0) is 24.1 Å². The third-order valence-electron chi connectivity index (χ3n) is 3.58. The summed E-state index contributed by atoms with van der Waals surface area (Å²) in [5.41, 5.74) is 6.90. The lowest BCUT2D eigenvalue weighted by molar-refractivity contribution is -0.137. The quantitative estimate of drug-likeness (QED) is 0.870. The normalized spacial score (nSPS) is 17.2. The summed E-state index contributed by atoms with van der Waals surface area (Å²) < 4.78 is 5.08. The minimum atomic E-state index is -0.157. The van der Waals surface area contributed by atoms with Gasteiger partial charge in [-0.3, -0.25) is 4.79 Å². The standard InChI is InChI=1S/C14H20N2O2/c1-3-14(15)9-16(10-14)13(17)8-11-4-6-12(18-2)7-5-11/h4-7H,3,8-10,15H2,1-2H3. The second-order valence-corrected chi connectivity index (χ2v) is 4.99. The predicted molar refractivity (Wildman–Crippen MR) is 70.5 cm³/mol. The zero-order valence-electron chi connectivity index (χ0n) is 11.0. The fraction of sp³-hybridized carbons (Fsp3) is 0.500. The van der Waals surface area contributed by atoms with Crippen LogP contribution in [0.5, 0.6) is 5.75 Å². The van der Waals surface area contributed by atoms with Crippen LogP contribution >= 0.6 is 0 Å².